The Hall–Kier alpha value is -1.92. The Kier molecular flexibility index (Phi) is 4.48. The van der Waals surface area contributed by atoms with E-state index in [1.807, 2.05) is 18.2 Å². The lowest BCUT2D eigenvalue weighted by Crippen LogP contribution is -2.43. The van der Waals surface area contributed by atoms with Gasteiger partial charge in [-0.3, -0.25) is 9.59 Å². The summed E-state index contributed by atoms with van der Waals surface area (Å²) in [6.07, 6.45) is 0.293. The summed E-state index contributed by atoms with van der Waals surface area (Å²) in [5, 5.41) is 14.3. The lowest BCUT2D eigenvalue weighted by molar-refractivity contribution is -0.121. The van der Waals surface area contributed by atoms with Gasteiger partial charge in [0.15, 0.2) is 0 Å². The van der Waals surface area contributed by atoms with Crippen molar-refractivity contribution in [3.05, 3.63) is 24.3 Å². The molecule has 0 radical (unpaired) electrons. The minimum atomic E-state index is -0.185. The van der Waals surface area contributed by atoms with Crippen LogP contribution < -0.4 is 15.5 Å². The van der Waals surface area contributed by atoms with Crippen LogP contribution in [0.2, 0.25) is 0 Å². The van der Waals surface area contributed by atoms with Crippen molar-refractivity contribution in [3.63, 3.8) is 0 Å². The van der Waals surface area contributed by atoms with Gasteiger partial charge in [0.05, 0.1) is 18.0 Å². The van der Waals surface area contributed by atoms with E-state index in [-0.39, 0.29) is 25.0 Å². The molecular formula is C13H17N3O3. The van der Waals surface area contributed by atoms with Crippen molar-refractivity contribution >= 4 is 23.2 Å². The number of nitrogens with one attached hydrogen (secondary N) is 2. The highest BCUT2D eigenvalue weighted by atomic mass is 16.3. The first-order chi connectivity index (χ1) is 9.22. The topological polar surface area (TPSA) is 81.7 Å². The standard InChI is InChI=1S/C13H17N3O3/c17-8-7-14-6-5-13(19)16-9-12(18)15-10-3-1-2-4-11(10)16/h1-4,14,17H,5-9H2,(H,15,18). The first-order valence-corrected chi connectivity index (χ1v) is 6.23. The van der Waals surface area contributed by atoms with Crippen molar-refractivity contribution in [3.8, 4) is 0 Å². The van der Waals surface area contributed by atoms with E-state index < -0.39 is 0 Å². The van der Waals surface area contributed by atoms with Gasteiger partial charge in [-0.05, 0) is 12.1 Å². The summed E-state index contributed by atoms with van der Waals surface area (Å²) in [5.41, 5.74) is 1.39. The lowest BCUT2D eigenvalue weighted by Gasteiger charge is -2.29. The number of fused-ring (bicyclic) bond motifs is 1. The molecule has 1 aromatic carbocycles. The number of nitrogens with zero attached hydrogens (tertiary/aromatic N) is 1. The Morgan fingerprint density at radius 2 is 2.16 bits per heavy atom. The van der Waals surface area contributed by atoms with Crippen molar-refractivity contribution < 1.29 is 14.7 Å². The van der Waals surface area contributed by atoms with Crippen LogP contribution >= 0.6 is 0 Å². The van der Waals surface area contributed by atoms with Crippen LogP contribution in [-0.2, 0) is 9.59 Å². The first kappa shape index (κ1) is 13.5. The molecule has 0 aliphatic carbocycles. The number of amides is 2. The van der Waals surface area contributed by atoms with Crippen LogP contribution in [0.4, 0.5) is 11.4 Å². The summed E-state index contributed by atoms with van der Waals surface area (Å²) in [4.78, 5) is 25.2. The Labute approximate surface area is 111 Å². The van der Waals surface area contributed by atoms with Crippen LogP contribution in [0.1, 0.15) is 6.42 Å². The van der Waals surface area contributed by atoms with Gasteiger partial charge in [-0.2, -0.15) is 0 Å². The molecule has 0 fully saturated rings. The van der Waals surface area contributed by atoms with Gasteiger partial charge in [0.1, 0.15) is 6.54 Å². The predicted molar refractivity (Wildman–Crippen MR) is 72.0 cm³/mol. The van der Waals surface area contributed by atoms with E-state index in [1.165, 1.54) is 4.90 Å². The number of aliphatic hydroxyl groups is 1. The van der Waals surface area contributed by atoms with Crippen LogP contribution in [0.15, 0.2) is 24.3 Å². The average molecular weight is 263 g/mol. The van der Waals surface area contributed by atoms with E-state index in [4.69, 9.17) is 5.11 Å². The molecule has 102 valence electrons. The quantitative estimate of drug-likeness (QED) is 0.650. The number of benzene rings is 1. The highest BCUT2D eigenvalue weighted by Gasteiger charge is 2.25. The molecule has 0 unspecified atom stereocenters. The average Bonchev–Trinajstić information content (AvgIpc) is 2.42. The highest BCUT2D eigenvalue weighted by Crippen LogP contribution is 2.29. The number of anilines is 2. The molecule has 6 heteroatoms. The molecule has 19 heavy (non-hydrogen) atoms. The van der Waals surface area contributed by atoms with Gasteiger partial charge in [-0.15, -0.1) is 0 Å². The first-order valence-electron chi connectivity index (χ1n) is 6.23. The molecule has 0 spiro atoms. The molecule has 1 aliphatic rings. The molecule has 0 saturated carbocycles. The summed E-state index contributed by atoms with van der Waals surface area (Å²) in [6, 6.07) is 7.24. The molecule has 2 rings (SSSR count). The molecular weight excluding hydrogens is 246 g/mol. The summed E-state index contributed by atoms with van der Waals surface area (Å²) in [5.74, 6) is -0.289. The van der Waals surface area contributed by atoms with Gasteiger partial charge in [-0.1, -0.05) is 12.1 Å². The molecule has 1 heterocycles. The second-order valence-corrected chi connectivity index (χ2v) is 4.27. The maximum Gasteiger partial charge on any atom is 0.244 e. The van der Waals surface area contributed by atoms with Crippen molar-refractivity contribution in [1.29, 1.82) is 0 Å². The van der Waals surface area contributed by atoms with Gasteiger partial charge < -0.3 is 20.6 Å². The van der Waals surface area contributed by atoms with Gasteiger partial charge in [0.2, 0.25) is 11.8 Å². The van der Waals surface area contributed by atoms with Gasteiger partial charge in [0, 0.05) is 19.5 Å². The summed E-state index contributed by atoms with van der Waals surface area (Å²) in [7, 11) is 0. The van der Waals surface area contributed by atoms with E-state index in [1.54, 1.807) is 6.07 Å². The number of carbonyl (C=O) groups is 2. The zero-order chi connectivity index (χ0) is 13.7. The third kappa shape index (κ3) is 3.30. The van der Waals surface area contributed by atoms with Crippen molar-refractivity contribution in [2.24, 2.45) is 0 Å². The smallest absolute Gasteiger partial charge is 0.244 e. The number of rotatable bonds is 5. The zero-order valence-electron chi connectivity index (χ0n) is 10.6. The number of aliphatic hydroxyl groups excluding tert-OH is 1. The van der Waals surface area contributed by atoms with E-state index >= 15 is 0 Å². The van der Waals surface area contributed by atoms with E-state index in [9.17, 15) is 9.59 Å². The minimum Gasteiger partial charge on any atom is -0.395 e. The fourth-order valence-corrected chi connectivity index (χ4v) is 1.99. The number of carbonyl (C=O) groups excluding carboxylic acids is 2. The Balaban J connectivity index is 2.03. The van der Waals surface area contributed by atoms with Crippen LogP contribution in [-0.4, -0.2) is 43.2 Å². The zero-order valence-corrected chi connectivity index (χ0v) is 10.6. The van der Waals surface area contributed by atoms with Gasteiger partial charge in [0.25, 0.3) is 0 Å². The largest absolute Gasteiger partial charge is 0.395 e. The third-order valence-corrected chi connectivity index (χ3v) is 2.88. The maximum atomic E-state index is 12.1. The van der Waals surface area contributed by atoms with Crippen molar-refractivity contribution in [2.45, 2.75) is 6.42 Å². The molecule has 0 saturated heterocycles. The molecule has 0 aromatic heterocycles. The fraction of sp³-hybridized carbons (Fsp3) is 0.385. The van der Waals surface area contributed by atoms with Crippen molar-refractivity contribution in [2.75, 3.05) is 36.5 Å². The number of para-hydroxylation sites is 2. The molecule has 3 N–H and O–H groups in total. The Morgan fingerprint density at radius 1 is 1.37 bits per heavy atom. The highest BCUT2D eigenvalue weighted by molar-refractivity contribution is 6.09. The molecule has 6 nitrogen and oxygen atoms in total. The number of hydrogen-bond donors (Lipinski definition) is 3. The van der Waals surface area contributed by atoms with Crippen molar-refractivity contribution in [1.82, 2.24) is 5.32 Å². The third-order valence-electron chi connectivity index (χ3n) is 2.88. The maximum absolute atomic E-state index is 12.1. The molecule has 1 aromatic rings. The molecule has 2 amide bonds. The monoisotopic (exact) mass is 263 g/mol. The molecule has 1 aliphatic heterocycles. The molecule has 0 atom stereocenters. The Bertz CT molecular complexity index is 476. The number of hydrogen-bond acceptors (Lipinski definition) is 4. The fourth-order valence-electron chi connectivity index (χ4n) is 1.99. The van der Waals surface area contributed by atoms with Crippen LogP contribution in [0, 0.1) is 0 Å². The van der Waals surface area contributed by atoms with Gasteiger partial charge in [-0.25, -0.2) is 0 Å². The van der Waals surface area contributed by atoms with E-state index in [2.05, 4.69) is 10.6 Å². The summed E-state index contributed by atoms with van der Waals surface area (Å²) >= 11 is 0. The molecule has 0 bridgehead atoms. The van der Waals surface area contributed by atoms with Crippen LogP contribution in [0.3, 0.4) is 0 Å². The SMILES string of the molecule is O=C1CN(C(=O)CCNCCO)c2ccccc2N1. The Morgan fingerprint density at radius 3 is 2.95 bits per heavy atom. The lowest BCUT2D eigenvalue weighted by atomic mass is 10.2. The summed E-state index contributed by atoms with van der Waals surface area (Å²) in [6.45, 7) is 1.04. The van der Waals surface area contributed by atoms with Gasteiger partial charge >= 0.3 is 0 Å². The normalized spacial score (nSPS) is 13.9. The van der Waals surface area contributed by atoms with Crippen LogP contribution in [0.5, 0.6) is 0 Å². The van der Waals surface area contributed by atoms with E-state index in [0.717, 1.165) is 5.69 Å². The predicted octanol–water partition coefficient (Wildman–Crippen LogP) is -0.0563. The van der Waals surface area contributed by atoms with Crippen LogP contribution in [0.25, 0.3) is 0 Å². The minimum absolute atomic E-state index is 0.0448. The second-order valence-electron chi connectivity index (χ2n) is 4.27. The summed E-state index contributed by atoms with van der Waals surface area (Å²) < 4.78 is 0. The second kappa shape index (κ2) is 6.31. The van der Waals surface area contributed by atoms with E-state index in [0.29, 0.717) is 25.2 Å².